The Bertz CT molecular complexity index is 313. The third-order valence-corrected chi connectivity index (χ3v) is 6.20. The van der Waals surface area contributed by atoms with Gasteiger partial charge in [0.05, 0.1) is 5.25 Å². The van der Waals surface area contributed by atoms with E-state index in [1.54, 1.807) is 0 Å². The second kappa shape index (κ2) is 4.72. The molecule has 2 aliphatic carbocycles. The van der Waals surface area contributed by atoms with Crippen LogP contribution >= 0.6 is 15.9 Å². The summed E-state index contributed by atoms with van der Waals surface area (Å²) in [6.07, 6.45) is 6.23. The number of nitrogens with one attached hydrogen (secondary N) is 1. The molecule has 0 saturated heterocycles. The number of sulfonamides is 1. The topological polar surface area (TPSA) is 46.2 Å². The highest BCUT2D eigenvalue weighted by Gasteiger charge is 2.38. The second-order valence-corrected chi connectivity index (χ2v) is 7.31. The summed E-state index contributed by atoms with van der Waals surface area (Å²) >= 11 is 3.48. The molecule has 0 spiro atoms. The molecule has 0 aliphatic heterocycles. The van der Waals surface area contributed by atoms with E-state index in [-0.39, 0.29) is 11.3 Å². The highest BCUT2D eigenvalue weighted by molar-refractivity contribution is 9.09. The van der Waals surface area contributed by atoms with Crippen molar-refractivity contribution in [2.45, 2.75) is 49.8 Å². The molecule has 15 heavy (non-hydrogen) atoms. The van der Waals surface area contributed by atoms with Gasteiger partial charge in [-0.1, -0.05) is 28.8 Å². The van der Waals surface area contributed by atoms with E-state index in [0.717, 1.165) is 37.4 Å². The van der Waals surface area contributed by atoms with Gasteiger partial charge in [0.25, 0.3) is 0 Å². The minimum atomic E-state index is -3.00. The molecule has 5 heteroatoms. The molecule has 0 heterocycles. The van der Waals surface area contributed by atoms with Crippen LogP contribution in [0.15, 0.2) is 0 Å². The summed E-state index contributed by atoms with van der Waals surface area (Å²) in [5.41, 5.74) is 0. The van der Waals surface area contributed by atoms with Gasteiger partial charge in [0.15, 0.2) is 0 Å². The molecular weight excluding hydrogens is 278 g/mol. The number of rotatable bonds is 4. The first-order chi connectivity index (χ1) is 7.13. The van der Waals surface area contributed by atoms with E-state index in [0.29, 0.717) is 5.92 Å². The van der Waals surface area contributed by atoms with Gasteiger partial charge in [-0.15, -0.1) is 0 Å². The van der Waals surface area contributed by atoms with E-state index in [1.807, 2.05) is 0 Å². The standard InChI is InChI=1S/C10H18BrNO2S/c11-7-8-3-1-2-4-10(8)12-15(13,14)9-5-6-9/h8-10,12H,1-7H2. The maximum Gasteiger partial charge on any atom is 0.214 e. The van der Waals surface area contributed by atoms with Crippen LogP contribution in [-0.4, -0.2) is 25.0 Å². The fraction of sp³-hybridized carbons (Fsp3) is 1.00. The lowest BCUT2D eigenvalue weighted by molar-refractivity contribution is 0.316. The van der Waals surface area contributed by atoms with Crippen molar-refractivity contribution in [3.63, 3.8) is 0 Å². The SMILES string of the molecule is O=S(=O)(NC1CCCCC1CBr)C1CC1. The van der Waals surface area contributed by atoms with Gasteiger partial charge in [0.1, 0.15) is 0 Å². The van der Waals surface area contributed by atoms with E-state index < -0.39 is 10.0 Å². The van der Waals surface area contributed by atoms with Crippen molar-refractivity contribution in [2.75, 3.05) is 5.33 Å². The molecule has 0 bridgehead atoms. The Hall–Kier alpha value is 0.390. The van der Waals surface area contributed by atoms with Crippen molar-refractivity contribution in [3.05, 3.63) is 0 Å². The average Bonchev–Trinajstić information content (AvgIpc) is 3.01. The maximum atomic E-state index is 11.8. The molecule has 2 saturated carbocycles. The molecule has 2 aliphatic rings. The Labute approximate surface area is 100 Å². The summed E-state index contributed by atoms with van der Waals surface area (Å²) in [5.74, 6) is 0.479. The zero-order valence-electron chi connectivity index (χ0n) is 8.78. The van der Waals surface area contributed by atoms with Crippen molar-refractivity contribution in [1.82, 2.24) is 4.72 Å². The molecule has 0 aromatic carbocycles. The van der Waals surface area contributed by atoms with Gasteiger partial charge >= 0.3 is 0 Å². The predicted molar refractivity (Wildman–Crippen MR) is 64.6 cm³/mol. The number of hydrogen-bond acceptors (Lipinski definition) is 2. The molecular formula is C10H18BrNO2S. The van der Waals surface area contributed by atoms with Crippen molar-refractivity contribution in [3.8, 4) is 0 Å². The Morgan fingerprint density at radius 3 is 2.40 bits per heavy atom. The van der Waals surface area contributed by atoms with Crippen LogP contribution in [0.2, 0.25) is 0 Å². The van der Waals surface area contributed by atoms with E-state index in [9.17, 15) is 8.42 Å². The Morgan fingerprint density at radius 2 is 1.80 bits per heavy atom. The van der Waals surface area contributed by atoms with Crippen LogP contribution in [0.3, 0.4) is 0 Å². The van der Waals surface area contributed by atoms with Crippen LogP contribution in [0.5, 0.6) is 0 Å². The van der Waals surface area contributed by atoms with Gasteiger partial charge in [-0.3, -0.25) is 0 Å². The zero-order chi connectivity index (χ0) is 10.9. The number of alkyl halides is 1. The Morgan fingerprint density at radius 1 is 1.13 bits per heavy atom. The Kier molecular flexibility index (Phi) is 3.73. The van der Waals surface area contributed by atoms with Gasteiger partial charge in [-0.05, 0) is 31.6 Å². The average molecular weight is 296 g/mol. The fourth-order valence-electron chi connectivity index (χ4n) is 2.23. The third kappa shape index (κ3) is 2.94. The summed E-state index contributed by atoms with van der Waals surface area (Å²) in [4.78, 5) is 0. The van der Waals surface area contributed by atoms with E-state index in [1.165, 1.54) is 6.42 Å². The summed E-state index contributed by atoms with van der Waals surface area (Å²) < 4.78 is 26.5. The molecule has 2 atom stereocenters. The van der Waals surface area contributed by atoms with E-state index >= 15 is 0 Å². The quantitative estimate of drug-likeness (QED) is 0.807. The first-order valence-electron chi connectivity index (χ1n) is 5.70. The van der Waals surface area contributed by atoms with Gasteiger partial charge in [0, 0.05) is 11.4 Å². The highest BCUT2D eigenvalue weighted by Crippen LogP contribution is 2.31. The number of halogens is 1. The zero-order valence-corrected chi connectivity index (χ0v) is 11.2. The minimum absolute atomic E-state index is 0.0876. The third-order valence-electron chi connectivity index (χ3n) is 3.39. The highest BCUT2D eigenvalue weighted by atomic mass is 79.9. The van der Waals surface area contributed by atoms with E-state index in [4.69, 9.17) is 0 Å². The molecule has 2 unspecified atom stereocenters. The van der Waals surface area contributed by atoms with Crippen LogP contribution in [-0.2, 0) is 10.0 Å². The molecule has 0 amide bonds. The molecule has 3 nitrogen and oxygen atoms in total. The first-order valence-corrected chi connectivity index (χ1v) is 8.37. The van der Waals surface area contributed by atoms with Gasteiger partial charge < -0.3 is 0 Å². The molecule has 1 N–H and O–H groups in total. The van der Waals surface area contributed by atoms with Gasteiger partial charge in [-0.25, -0.2) is 13.1 Å². The fourth-order valence-corrected chi connectivity index (χ4v) is 4.69. The van der Waals surface area contributed by atoms with Crippen LogP contribution in [0.25, 0.3) is 0 Å². The largest absolute Gasteiger partial charge is 0.214 e. The second-order valence-electron chi connectivity index (χ2n) is 4.67. The smallest absolute Gasteiger partial charge is 0.212 e. The molecule has 0 aromatic heterocycles. The van der Waals surface area contributed by atoms with Crippen LogP contribution in [0.1, 0.15) is 38.5 Å². The van der Waals surface area contributed by atoms with Crippen molar-refractivity contribution in [2.24, 2.45) is 5.92 Å². The van der Waals surface area contributed by atoms with Gasteiger partial charge in [-0.2, -0.15) is 0 Å². The normalized spacial score (nSPS) is 32.9. The molecule has 2 rings (SSSR count). The van der Waals surface area contributed by atoms with Crippen molar-refractivity contribution < 1.29 is 8.42 Å². The lowest BCUT2D eigenvalue weighted by atomic mass is 9.87. The molecule has 88 valence electrons. The van der Waals surface area contributed by atoms with Gasteiger partial charge in [0.2, 0.25) is 10.0 Å². The van der Waals surface area contributed by atoms with Crippen LogP contribution in [0.4, 0.5) is 0 Å². The summed E-state index contributed by atoms with van der Waals surface area (Å²) in [7, 11) is -3.00. The van der Waals surface area contributed by atoms with E-state index in [2.05, 4.69) is 20.7 Å². The summed E-state index contributed by atoms with van der Waals surface area (Å²) in [5, 5.41) is 0.820. The summed E-state index contributed by atoms with van der Waals surface area (Å²) in [6.45, 7) is 0. The minimum Gasteiger partial charge on any atom is -0.212 e. The monoisotopic (exact) mass is 295 g/mol. The van der Waals surface area contributed by atoms with Crippen molar-refractivity contribution in [1.29, 1.82) is 0 Å². The predicted octanol–water partition coefficient (Wildman–Crippen LogP) is 2.02. The summed E-state index contributed by atoms with van der Waals surface area (Å²) in [6, 6.07) is 0.170. The molecule has 2 fully saturated rings. The lowest BCUT2D eigenvalue weighted by Crippen LogP contribution is -2.43. The maximum absolute atomic E-state index is 11.8. The molecule has 0 radical (unpaired) electrons. The van der Waals surface area contributed by atoms with Crippen LogP contribution in [0, 0.1) is 5.92 Å². The number of hydrogen-bond donors (Lipinski definition) is 1. The van der Waals surface area contributed by atoms with Crippen LogP contribution < -0.4 is 4.72 Å². The lowest BCUT2D eigenvalue weighted by Gasteiger charge is -2.30. The first kappa shape index (κ1) is 11.9. The van der Waals surface area contributed by atoms with Crippen molar-refractivity contribution >= 4 is 26.0 Å². The Balaban J connectivity index is 1.96. The molecule has 0 aromatic rings.